The van der Waals surface area contributed by atoms with Crippen LogP contribution in [0, 0.1) is 6.92 Å². The maximum atomic E-state index is 12.4. The van der Waals surface area contributed by atoms with Gasteiger partial charge in [0.1, 0.15) is 5.69 Å². The van der Waals surface area contributed by atoms with Crippen LogP contribution < -0.4 is 0 Å². The number of nitrogens with zero attached hydrogens (tertiary/aromatic N) is 2. The maximum Gasteiger partial charge on any atom is 0.211 e. The van der Waals surface area contributed by atoms with Crippen molar-refractivity contribution in [2.24, 2.45) is 7.05 Å². The van der Waals surface area contributed by atoms with Gasteiger partial charge in [0.25, 0.3) is 0 Å². The average molecular weight is 242 g/mol. The Morgan fingerprint density at radius 1 is 1.33 bits per heavy atom. The number of benzene rings is 1. The highest BCUT2D eigenvalue weighted by Crippen LogP contribution is 2.22. The molecule has 18 heavy (non-hydrogen) atoms. The van der Waals surface area contributed by atoms with Gasteiger partial charge in [0.15, 0.2) is 0 Å². The topological polar surface area (TPSA) is 44.1 Å². The quantitative estimate of drug-likeness (QED) is 0.756. The number of hydrogen-bond donors (Lipinski definition) is 0. The highest BCUT2D eigenvalue weighted by molar-refractivity contribution is 6.08. The van der Waals surface area contributed by atoms with Crippen molar-refractivity contribution in [3.63, 3.8) is 0 Å². The predicted molar refractivity (Wildman–Crippen MR) is 66.3 cm³/mol. The summed E-state index contributed by atoms with van der Waals surface area (Å²) in [6, 6.07) is 5.76. The van der Waals surface area contributed by atoms with E-state index in [1.165, 1.54) is 5.56 Å². The first kappa shape index (κ1) is 11.2. The molecule has 4 nitrogen and oxygen atoms in total. The smallest absolute Gasteiger partial charge is 0.211 e. The molecule has 0 atom stereocenters. The van der Waals surface area contributed by atoms with Gasteiger partial charge in [-0.15, -0.1) is 0 Å². The molecular formula is C14H14N2O2. The number of hydrogen-bond acceptors (Lipinski definition) is 3. The monoisotopic (exact) mass is 242 g/mol. The predicted octanol–water partition coefficient (Wildman–Crippen LogP) is 1.99. The standard InChI is InChI=1S/C14H14N2O2/c1-9-6-15-16(2)13(9)14(17)10-3-4-11-7-18-8-12(11)5-10/h3-6H,7-8H2,1-2H3. The Morgan fingerprint density at radius 3 is 2.83 bits per heavy atom. The molecule has 0 fully saturated rings. The Balaban J connectivity index is 2.03. The van der Waals surface area contributed by atoms with Crippen LogP contribution in [0.25, 0.3) is 0 Å². The molecular weight excluding hydrogens is 228 g/mol. The van der Waals surface area contributed by atoms with Crippen LogP contribution in [0.15, 0.2) is 24.4 Å². The maximum absolute atomic E-state index is 12.4. The molecule has 0 radical (unpaired) electrons. The fourth-order valence-corrected chi connectivity index (χ4v) is 2.32. The van der Waals surface area contributed by atoms with Gasteiger partial charge in [-0.05, 0) is 29.7 Å². The number of aryl methyl sites for hydroxylation is 2. The minimum absolute atomic E-state index is 0.0159. The van der Waals surface area contributed by atoms with Crippen LogP contribution in [-0.4, -0.2) is 15.6 Å². The number of ketones is 1. The summed E-state index contributed by atoms with van der Waals surface area (Å²) in [7, 11) is 1.79. The molecule has 1 aliphatic rings. The minimum Gasteiger partial charge on any atom is -0.372 e. The third-order valence-corrected chi connectivity index (χ3v) is 3.32. The lowest BCUT2D eigenvalue weighted by Crippen LogP contribution is -2.10. The second-order valence-electron chi connectivity index (χ2n) is 4.61. The van der Waals surface area contributed by atoms with Crippen molar-refractivity contribution in [3.05, 3.63) is 52.3 Å². The molecule has 1 aromatic carbocycles. The van der Waals surface area contributed by atoms with Crippen molar-refractivity contribution in [1.29, 1.82) is 0 Å². The van der Waals surface area contributed by atoms with Gasteiger partial charge < -0.3 is 4.74 Å². The van der Waals surface area contributed by atoms with Crippen molar-refractivity contribution in [2.75, 3.05) is 0 Å². The highest BCUT2D eigenvalue weighted by Gasteiger charge is 2.19. The van der Waals surface area contributed by atoms with E-state index in [4.69, 9.17) is 4.74 Å². The van der Waals surface area contributed by atoms with Gasteiger partial charge in [0.2, 0.25) is 5.78 Å². The summed E-state index contributed by atoms with van der Waals surface area (Å²) in [6.45, 7) is 3.14. The zero-order chi connectivity index (χ0) is 12.7. The average Bonchev–Trinajstić information content (AvgIpc) is 2.94. The van der Waals surface area contributed by atoms with Crippen LogP contribution in [0.3, 0.4) is 0 Å². The number of carbonyl (C=O) groups is 1. The number of aromatic nitrogens is 2. The van der Waals surface area contributed by atoms with Crippen LogP contribution in [0.2, 0.25) is 0 Å². The first-order valence-electron chi connectivity index (χ1n) is 5.89. The van der Waals surface area contributed by atoms with E-state index in [0.717, 1.165) is 11.1 Å². The summed E-state index contributed by atoms with van der Waals surface area (Å²) in [5, 5.41) is 4.11. The zero-order valence-electron chi connectivity index (χ0n) is 10.4. The molecule has 1 aromatic heterocycles. The normalized spacial score (nSPS) is 13.7. The van der Waals surface area contributed by atoms with Gasteiger partial charge >= 0.3 is 0 Å². The minimum atomic E-state index is 0.0159. The largest absolute Gasteiger partial charge is 0.372 e. The Morgan fingerprint density at radius 2 is 2.11 bits per heavy atom. The molecule has 2 heterocycles. The fourth-order valence-electron chi connectivity index (χ4n) is 2.32. The molecule has 92 valence electrons. The fraction of sp³-hybridized carbons (Fsp3) is 0.286. The van der Waals surface area contributed by atoms with Crippen molar-refractivity contribution < 1.29 is 9.53 Å². The second-order valence-corrected chi connectivity index (χ2v) is 4.61. The summed E-state index contributed by atoms with van der Waals surface area (Å²) >= 11 is 0. The molecule has 0 amide bonds. The van der Waals surface area contributed by atoms with E-state index in [9.17, 15) is 4.79 Å². The second kappa shape index (κ2) is 4.07. The van der Waals surface area contributed by atoms with Crippen molar-refractivity contribution in [3.8, 4) is 0 Å². The number of fused-ring (bicyclic) bond motifs is 1. The van der Waals surface area contributed by atoms with Crippen molar-refractivity contribution in [2.45, 2.75) is 20.1 Å². The van der Waals surface area contributed by atoms with Gasteiger partial charge in [0, 0.05) is 12.6 Å². The van der Waals surface area contributed by atoms with E-state index in [2.05, 4.69) is 5.10 Å². The van der Waals surface area contributed by atoms with E-state index >= 15 is 0 Å². The van der Waals surface area contributed by atoms with E-state index in [0.29, 0.717) is 24.5 Å². The molecule has 0 unspecified atom stereocenters. The Labute approximate surface area is 105 Å². The van der Waals surface area contributed by atoms with E-state index in [1.54, 1.807) is 17.9 Å². The van der Waals surface area contributed by atoms with Crippen LogP contribution >= 0.6 is 0 Å². The van der Waals surface area contributed by atoms with E-state index < -0.39 is 0 Å². The molecule has 0 spiro atoms. The number of ether oxygens (including phenoxy) is 1. The van der Waals surface area contributed by atoms with Crippen LogP contribution in [0.5, 0.6) is 0 Å². The van der Waals surface area contributed by atoms with Crippen LogP contribution in [0.4, 0.5) is 0 Å². The molecule has 2 aromatic rings. The Kier molecular flexibility index (Phi) is 2.52. The van der Waals surface area contributed by atoms with Gasteiger partial charge in [-0.1, -0.05) is 12.1 Å². The van der Waals surface area contributed by atoms with Crippen LogP contribution in [0.1, 0.15) is 32.7 Å². The van der Waals surface area contributed by atoms with E-state index in [1.807, 2.05) is 25.1 Å². The third kappa shape index (κ3) is 1.66. The SMILES string of the molecule is Cc1cnn(C)c1C(=O)c1ccc2c(c1)COC2. The van der Waals surface area contributed by atoms with Crippen molar-refractivity contribution in [1.82, 2.24) is 9.78 Å². The first-order chi connectivity index (χ1) is 8.66. The lowest BCUT2D eigenvalue weighted by atomic mass is 10.0. The lowest BCUT2D eigenvalue weighted by molar-refractivity contribution is 0.102. The molecule has 3 rings (SSSR count). The Hall–Kier alpha value is -1.94. The van der Waals surface area contributed by atoms with Gasteiger partial charge in [0.05, 0.1) is 19.4 Å². The summed E-state index contributed by atoms with van der Waals surface area (Å²) < 4.78 is 6.99. The van der Waals surface area contributed by atoms with Gasteiger partial charge in [-0.25, -0.2) is 0 Å². The Bertz CT molecular complexity index is 609. The first-order valence-corrected chi connectivity index (χ1v) is 5.89. The van der Waals surface area contributed by atoms with Crippen LogP contribution in [-0.2, 0) is 25.0 Å². The summed E-state index contributed by atoms with van der Waals surface area (Å²) in [5.74, 6) is 0.0159. The van der Waals surface area contributed by atoms with Crippen molar-refractivity contribution >= 4 is 5.78 Å². The summed E-state index contributed by atoms with van der Waals surface area (Å²) in [6.07, 6.45) is 1.71. The molecule has 4 heteroatoms. The molecule has 1 aliphatic heterocycles. The van der Waals surface area contributed by atoms with Gasteiger partial charge in [-0.2, -0.15) is 5.10 Å². The number of rotatable bonds is 2. The molecule has 0 saturated heterocycles. The molecule has 0 saturated carbocycles. The third-order valence-electron chi connectivity index (χ3n) is 3.32. The summed E-state index contributed by atoms with van der Waals surface area (Å²) in [5.41, 5.74) is 4.54. The molecule has 0 bridgehead atoms. The number of carbonyl (C=O) groups excluding carboxylic acids is 1. The molecule has 0 N–H and O–H groups in total. The molecule has 0 aliphatic carbocycles. The zero-order valence-corrected chi connectivity index (χ0v) is 10.4. The highest BCUT2D eigenvalue weighted by atomic mass is 16.5. The van der Waals surface area contributed by atoms with E-state index in [-0.39, 0.29) is 5.78 Å². The van der Waals surface area contributed by atoms with Gasteiger partial charge in [-0.3, -0.25) is 9.48 Å². The summed E-state index contributed by atoms with van der Waals surface area (Å²) in [4.78, 5) is 12.4. The lowest BCUT2D eigenvalue weighted by Gasteiger charge is -2.05.